The van der Waals surface area contributed by atoms with Crippen LogP contribution < -0.4 is 20.7 Å². The predicted molar refractivity (Wildman–Crippen MR) is 146 cm³/mol. The van der Waals surface area contributed by atoms with Crippen molar-refractivity contribution in [3.63, 3.8) is 0 Å². The van der Waals surface area contributed by atoms with Crippen molar-refractivity contribution in [2.24, 2.45) is 5.73 Å². The molecule has 5 nitrogen and oxygen atoms in total. The Bertz CT molecular complexity index is 1250. The number of anilines is 2. The summed E-state index contributed by atoms with van der Waals surface area (Å²) in [6.07, 6.45) is 4.76. The standard InChI is InChI=1S/C30H34N4O/c1-35-25-15-9-22(10-16-25)30-21-27(26-7-3-4-8-29(26)33-30)28(31)17-18-32-23-11-13-24(14-12-23)34-19-5-2-6-20-34/h3-4,7-16,21,28,32H,2,5-6,17-20,31H2,1H3. The SMILES string of the molecule is COc1ccc(-c2cc(C(N)CCNc3ccc(N4CCCCC4)cc3)c3ccccc3n2)cc1. The van der Waals surface area contributed by atoms with Gasteiger partial charge in [0.1, 0.15) is 5.75 Å². The van der Waals surface area contributed by atoms with Crippen molar-refractivity contribution in [1.82, 2.24) is 4.98 Å². The molecule has 1 aliphatic rings. The van der Waals surface area contributed by atoms with Gasteiger partial charge >= 0.3 is 0 Å². The summed E-state index contributed by atoms with van der Waals surface area (Å²) in [5.41, 5.74) is 13.3. The van der Waals surface area contributed by atoms with Crippen LogP contribution in [0.5, 0.6) is 5.75 Å². The molecule has 1 unspecified atom stereocenters. The largest absolute Gasteiger partial charge is 0.497 e. The van der Waals surface area contributed by atoms with Crippen LogP contribution in [0.3, 0.4) is 0 Å². The molecule has 0 bridgehead atoms. The third-order valence-corrected chi connectivity index (χ3v) is 6.91. The van der Waals surface area contributed by atoms with Crippen LogP contribution in [0.25, 0.3) is 22.2 Å². The van der Waals surface area contributed by atoms with Gasteiger partial charge in [-0.2, -0.15) is 0 Å². The summed E-state index contributed by atoms with van der Waals surface area (Å²) >= 11 is 0. The predicted octanol–water partition coefficient (Wildman–Crippen LogP) is 6.40. The number of ether oxygens (including phenoxy) is 1. The second-order valence-electron chi connectivity index (χ2n) is 9.26. The van der Waals surface area contributed by atoms with Crippen molar-refractivity contribution in [1.29, 1.82) is 0 Å². The van der Waals surface area contributed by atoms with Gasteiger partial charge in [-0.05, 0) is 91.9 Å². The van der Waals surface area contributed by atoms with Crippen molar-refractivity contribution < 1.29 is 4.74 Å². The van der Waals surface area contributed by atoms with Crippen LogP contribution in [0.2, 0.25) is 0 Å². The first-order valence-corrected chi connectivity index (χ1v) is 12.6. The lowest BCUT2D eigenvalue weighted by Gasteiger charge is -2.28. The fourth-order valence-electron chi connectivity index (χ4n) is 4.89. The highest BCUT2D eigenvalue weighted by atomic mass is 16.5. The monoisotopic (exact) mass is 466 g/mol. The number of para-hydroxylation sites is 1. The third-order valence-electron chi connectivity index (χ3n) is 6.91. The van der Waals surface area contributed by atoms with Crippen molar-refractivity contribution in [3.8, 4) is 17.0 Å². The van der Waals surface area contributed by atoms with Gasteiger partial charge < -0.3 is 20.7 Å². The summed E-state index contributed by atoms with van der Waals surface area (Å²) in [4.78, 5) is 7.39. The Morgan fingerprint density at radius 3 is 2.43 bits per heavy atom. The second kappa shape index (κ2) is 10.8. The minimum absolute atomic E-state index is 0.0972. The highest BCUT2D eigenvalue weighted by Gasteiger charge is 2.14. The maximum atomic E-state index is 6.75. The Balaban J connectivity index is 1.28. The number of methoxy groups -OCH3 is 1. The van der Waals surface area contributed by atoms with Gasteiger partial charge in [0.2, 0.25) is 0 Å². The Hall–Kier alpha value is -3.57. The number of piperidine rings is 1. The zero-order valence-corrected chi connectivity index (χ0v) is 20.4. The van der Waals surface area contributed by atoms with Crippen LogP contribution in [-0.4, -0.2) is 31.7 Å². The fraction of sp³-hybridized carbons (Fsp3) is 0.300. The first-order valence-electron chi connectivity index (χ1n) is 12.6. The first-order chi connectivity index (χ1) is 17.2. The van der Waals surface area contributed by atoms with E-state index in [0.29, 0.717) is 0 Å². The van der Waals surface area contributed by atoms with Crippen molar-refractivity contribution in [3.05, 3.63) is 84.4 Å². The van der Waals surface area contributed by atoms with E-state index < -0.39 is 0 Å². The van der Waals surface area contributed by atoms with E-state index in [1.165, 1.54) is 38.0 Å². The van der Waals surface area contributed by atoms with E-state index in [0.717, 1.165) is 52.1 Å². The Morgan fingerprint density at radius 1 is 0.943 bits per heavy atom. The molecule has 3 aromatic carbocycles. The average Bonchev–Trinajstić information content (AvgIpc) is 2.93. The lowest BCUT2D eigenvalue weighted by atomic mass is 9.97. The number of rotatable bonds is 8. The van der Waals surface area contributed by atoms with E-state index in [2.05, 4.69) is 58.7 Å². The van der Waals surface area contributed by atoms with Crippen molar-refractivity contribution in [2.75, 3.05) is 37.0 Å². The van der Waals surface area contributed by atoms with Crippen molar-refractivity contribution in [2.45, 2.75) is 31.7 Å². The minimum Gasteiger partial charge on any atom is -0.497 e. The molecule has 1 saturated heterocycles. The van der Waals surface area contributed by atoms with E-state index in [9.17, 15) is 0 Å². The van der Waals surface area contributed by atoms with Crippen LogP contribution in [-0.2, 0) is 0 Å². The highest BCUT2D eigenvalue weighted by Crippen LogP contribution is 2.30. The molecule has 0 radical (unpaired) electrons. The molecule has 1 atom stereocenters. The van der Waals surface area contributed by atoms with Crippen LogP contribution in [0.1, 0.15) is 37.3 Å². The maximum Gasteiger partial charge on any atom is 0.118 e. The molecule has 1 fully saturated rings. The Kier molecular flexibility index (Phi) is 7.15. The number of nitrogens with zero attached hydrogens (tertiary/aromatic N) is 2. The number of hydrogen-bond donors (Lipinski definition) is 2. The number of pyridine rings is 1. The third kappa shape index (κ3) is 5.41. The van der Waals surface area contributed by atoms with Crippen LogP contribution in [0, 0.1) is 0 Å². The minimum atomic E-state index is -0.0972. The van der Waals surface area contributed by atoms with E-state index >= 15 is 0 Å². The van der Waals surface area contributed by atoms with Crippen LogP contribution in [0.15, 0.2) is 78.9 Å². The molecule has 35 heavy (non-hydrogen) atoms. The summed E-state index contributed by atoms with van der Waals surface area (Å²) in [6, 6.07) is 27.1. The normalized spacial score (nSPS) is 14.6. The zero-order chi connectivity index (χ0) is 24.0. The van der Waals surface area contributed by atoms with E-state index in [1.807, 2.05) is 30.3 Å². The molecule has 1 aliphatic heterocycles. The van der Waals surface area contributed by atoms with Gasteiger partial charge in [-0.3, -0.25) is 0 Å². The molecule has 0 spiro atoms. The van der Waals surface area contributed by atoms with Crippen LogP contribution in [0.4, 0.5) is 11.4 Å². The van der Waals surface area contributed by atoms with Gasteiger partial charge in [0.25, 0.3) is 0 Å². The lowest BCUT2D eigenvalue weighted by molar-refractivity contribution is 0.415. The molecule has 0 amide bonds. The van der Waals surface area contributed by atoms with Gasteiger partial charge in [0.05, 0.1) is 18.3 Å². The first kappa shape index (κ1) is 23.2. The molecule has 180 valence electrons. The average molecular weight is 467 g/mol. The molecular formula is C30H34N4O. The molecule has 5 rings (SSSR count). The number of fused-ring (bicyclic) bond motifs is 1. The Labute approximate surface area is 207 Å². The lowest BCUT2D eigenvalue weighted by Crippen LogP contribution is -2.29. The molecule has 0 saturated carbocycles. The topological polar surface area (TPSA) is 63.4 Å². The van der Waals surface area contributed by atoms with Crippen molar-refractivity contribution >= 4 is 22.3 Å². The summed E-state index contributed by atoms with van der Waals surface area (Å²) in [5.74, 6) is 0.835. The number of benzene rings is 3. The van der Waals surface area contributed by atoms with E-state index in [-0.39, 0.29) is 6.04 Å². The summed E-state index contributed by atoms with van der Waals surface area (Å²) < 4.78 is 5.31. The molecule has 0 aliphatic carbocycles. The van der Waals surface area contributed by atoms with E-state index in [1.54, 1.807) is 7.11 Å². The molecular weight excluding hydrogens is 432 g/mol. The molecule has 2 heterocycles. The van der Waals surface area contributed by atoms with Crippen LogP contribution >= 0.6 is 0 Å². The smallest absolute Gasteiger partial charge is 0.118 e. The number of nitrogens with two attached hydrogens (primary N) is 1. The molecule has 5 heteroatoms. The van der Waals surface area contributed by atoms with Gasteiger partial charge in [-0.25, -0.2) is 4.98 Å². The molecule has 3 N–H and O–H groups in total. The Morgan fingerprint density at radius 2 is 1.69 bits per heavy atom. The molecule has 1 aromatic heterocycles. The fourth-order valence-corrected chi connectivity index (χ4v) is 4.89. The van der Waals surface area contributed by atoms with Gasteiger partial charge in [0, 0.05) is 48.0 Å². The highest BCUT2D eigenvalue weighted by molar-refractivity contribution is 5.85. The van der Waals surface area contributed by atoms with Gasteiger partial charge in [-0.1, -0.05) is 18.2 Å². The number of aromatic nitrogens is 1. The van der Waals surface area contributed by atoms with E-state index in [4.69, 9.17) is 15.5 Å². The van der Waals surface area contributed by atoms with Gasteiger partial charge in [-0.15, -0.1) is 0 Å². The molecule has 4 aromatic rings. The number of nitrogens with one attached hydrogen (secondary N) is 1. The second-order valence-corrected chi connectivity index (χ2v) is 9.26. The summed E-state index contributed by atoms with van der Waals surface area (Å²) in [5, 5.41) is 4.67. The van der Waals surface area contributed by atoms with Gasteiger partial charge in [0.15, 0.2) is 0 Å². The zero-order valence-electron chi connectivity index (χ0n) is 20.4. The summed E-state index contributed by atoms with van der Waals surface area (Å²) in [7, 11) is 1.68. The quantitative estimate of drug-likeness (QED) is 0.314. The summed E-state index contributed by atoms with van der Waals surface area (Å²) in [6.45, 7) is 3.14. The number of hydrogen-bond acceptors (Lipinski definition) is 5. The maximum absolute atomic E-state index is 6.75.